The number of unbranched alkanes of at least 4 members (excludes halogenated alkanes) is 6. The van der Waals surface area contributed by atoms with Gasteiger partial charge in [-0.05, 0) is 71.1 Å². The molecule has 3 aliphatic heterocycles. The van der Waals surface area contributed by atoms with E-state index >= 15 is 0 Å². The van der Waals surface area contributed by atoms with Gasteiger partial charge in [-0.25, -0.2) is 0 Å². The van der Waals surface area contributed by atoms with E-state index in [0.717, 1.165) is 12.8 Å². The number of carbonyl (C=O) groups is 4. The van der Waals surface area contributed by atoms with Crippen LogP contribution in [0.1, 0.15) is 117 Å². The molecule has 0 saturated carbocycles. The maximum absolute atomic E-state index is 13.4. The van der Waals surface area contributed by atoms with Crippen molar-refractivity contribution in [2.75, 3.05) is 53.2 Å². The third-order valence-electron chi connectivity index (χ3n) is 12.4. The van der Waals surface area contributed by atoms with Crippen LogP contribution in [0.25, 0.3) is 0 Å². The van der Waals surface area contributed by atoms with Crippen molar-refractivity contribution in [3.8, 4) is 0 Å². The van der Waals surface area contributed by atoms with E-state index in [0.29, 0.717) is 83.7 Å². The second-order valence-corrected chi connectivity index (χ2v) is 17.4. The van der Waals surface area contributed by atoms with Crippen molar-refractivity contribution in [2.45, 2.75) is 190 Å². The molecule has 3 saturated heterocycles. The summed E-state index contributed by atoms with van der Waals surface area (Å²) < 4.78 is 27.7. The Morgan fingerprint density at radius 2 is 1.36 bits per heavy atom. The molecule has 0 bridgehead atoms. The molecular weight excluding hydrogens is 919 g/mol. The van der Waals surface area contributed by atoms with Crippen molar-refractivity contribution < 1.29 is 116 Å². The fourth-order valence-corrected chi connectivity index (χ4v) is 8.14. The standard InChI is InChI=1S/C43H77N3O17.Y/c1-27-37(54)38(55)32(25-48)62-41(27)60-20-12-10-17-35(52)45-30(31(50)15-6-4-5-7-18-36(53)46-23-29(59-3)22-28(46)24-47)14-8-11-19-44-34(51)16-9-13-21-61-42-43(2,58)40(57)39(56)33(26-49)63-42;/h27-30,32-33,37-42,47-49,54-58H,4-26H2,1-3H3,(H,44,51)(H,45,52);/t27?,28-,29+,30-,32?,33?,37?,38?,39?,40?,41?,42?,43?;/m0./s1. The van der Waals surface area contributed by atoms with Crippen molar-refractivity contribution in [3.63, 3.8) is 0 Å². The molecule has 10 unspecified atom stereocenters. The number of carbonyl (C=O) groups excluding carboxylic acids is 4. The minimum absolute atomic E-state index is 0. The van der Waals surface area contributed by atoms with Gasteiger partial charge >= 0.3 is 0 Å². The van der Waals surface area contributed by atoms with E-state index in [1.54, 1.807) is 18.9 Å². The second kappa shape index (κ2) is 30.9. The predicted octanol–water partition coefficient (Wildman–Crippen LogP) is -1.09. The van der Waals surface area contributed by atoms with Crippen LogP contribution in [0.15, 0.2) is 0 Å². The van der Waals surface area contributed by atoms with Crippen LogP contribution in [0.5, 0.6) is 0 Å². The summed E-state index contributed by atoms with van der Waals surface area (Å²) in [5.41, 5.74) is -1.90. The molecule has 1 radical (unpaired) electrons. The molecule has 0 aliphatic carbocycles. The van der Waals surface area contributed by atoms with Crippen LogP contribution in [0, 0.1) is 5.92 Å². The van der Waals surface area contributed by atoms with Crippen LogP contribution in [-0.4, -0.2) is 195 Å². The van der Waals surface area contributed by atoms with Gasteiger partial charge in [0.05, 0.1) is 44.1 Å². The summed E-state index contributed by atoms with van der Waals surface area (Å²) in [4.78, 5) is 53.4. The van der Waals surface area contributed by atoms with Crippen molar-refractivity contribution in [3.05, 3.63) is 0 Å². The molecule has 3 aliphatic rings. The van der Waals surface area contributed by atoms with Crippen molar-refractivity contribution in [1.82, 2.24) is 15.5 Å². The first-order chi connectivity index (χ1) is 30.1. The molecule has 0 aromatic carbocycles. The fourth-order valence-electron chi connectivity index (χ4n) is 8.14. The zero-order chi connectivity index (χ0) is 46.5. The van der Waals surface area contributed by atoms with Crippen LogP contribution < -0.4 is 10.6 Å². The monoisotopic (exact) mass is 996 g/mol. The van der Waals surface area contributed by atoms with E-state index in [4.69, 9.17) is 23.7 Å². The topological polar surface area (TPSA) is 304 Å². The molecule has 3 amide bonds. The first-order valence-electron chi connectivity index (χ1n) is 22.8. The number of aliphatic hydroxyl groups excluding tert-OH is 7. The minimum atomic E-state index is -1.90. The molecule has 3 fully saturated rings. The van der Waals surface area contributed by atoms with Crippen LogP contribution in [0.4, 0.5) is 0 Å². The Morgan fingerprint density at radius 3 is 2.00 bits per heavy atom. The third-order valence-corrected chi connectivity index (χ3v) is 12.4. The molecule has 13 atom stereocenters. The molecule has 0 spiro atoms. The average Bonchev–Trinajstić information content (AvgIpc) is 3.70. The van der Waals surface area contributed by atoms with Gasteiger partial charge in [0, 0.05) is 97.7 Å². The van der Waals surface area contributed by atoms with Crippen LogP contribution in [0.2, 0.25) is 0 Å². The SMILES string of the molecule is CO[C@@H]1C[C@@H](CO)N(C(=O)CCCCCCC(=O)[C@H](CCCCNC(=O)CCCCOC2OC(CO)C(O)C(O)C2(C)O)NC(=O)CCCCOC2OC(CO)C(O)C(O)C2C)C1.[Y]. The number of hydrogen-bond donors (Lipinski definition) is 10. The van der Waals surface area contributed by atoms with Gasteiger partial charge in [-0.3, -0.25) is 19.2 Å². The van der Waals surface area contributed by atoms with Gasteiger partial charge in [0.25, 0.3) is 0 Å². The largest absolute Gasteiger partial charge is 0.394 e. The molecule has 64 heavy (non-hydrogen) atoms. The number of aliphatic hydroxyl groups is 8. The van der Waals surface area contributed by atoms with Gasteiger partial charge in [0.15, 0.2) is 18.4 Å². The molecule has 369 valence electrons. The normalized spacial score (nSPS) is 31.0. The number of hydrogen-bond acceptors (Lipinski definition) is 17. The van der Waals surface area contributed by atoms with Gasteiger partial charge in [0.2, 0.25) is 17.7 Å². The first-order valence-corrected chi connectivity index (χ1v) is 22.8. The summed E-state index contributed by atoms with van der Waals surface area (Å²) in [5, 5.41) is 85.4. The summed E-state index contributed by atoms with van der Waals surface area (Å²) in [6, 6.07) is -0.947. The minimum Gasteiger partial charge on any atom is -0.394 e. The number of rotatable bonds is 30. The number of nitrogens with one attached hydrogen (secondary N) is 2. The number of ether oxygens (including phenoxy) is 5. The number of nitrogens with zero attached hydrogens (tertiary/aromatic N) is 1. The summed E-state index contributed by atoms with van der Waals surface area (Å²) in [6.07, 6.45) is -2.06. The summed E-state index contributed by atoms with van der Waals surface area (Å²) >= 11 is 0. The third kappa shape index (κ3) is 18.6. The Bertz CT molecular complexity index is 1370. The molecule has 0 aromatic heterocycles. The molecule has 0 aromatic rings. The van der Waals surface area contributed by atoms with Gasteiger partial charge in [-0.2, -0.15) is 0 Å². The van der Waals surface area contributed by atoms with Crippen LogP contribution >= 0.6 is 0 Å². The predicted molar refractivity (Wildman–Crippen MR) is 224 cm³/mol. The summed E-state index contributed by atoms with van der Waals surface area (Å²) in [6.45, 7) is 2.93. The number of likely N-dealkylation sites (tertiary alicyclic amines) is 1. The van der Waals surface area contributed by atoms with Gasteiger partial charge in [-0.15, -0.1) is 0 Å². The number of amides is 3. The van der Waals surface area contributed by atoms with Crippen LogP contribution in [0.3, 0.4) is 0 Å². The quantitative estimate of drug-likeness (QED) is 0.0383. The van der Waals surface area contributed by atoms with Crippen molar-refractivity contribution >= 4 is 23.5 Å². The van der Waals surface area contributed by atoms with E-state index in [1.165, 1.54) is 6.92 Å². The van der Waals surface area contributed by atoms with E-state index < -0.39 is 80.0 Å². The van der Waals surface area contributed by atoms with E-state index in [-0.39, 0.29) is 107 Å². The van der Waals surface area contributed by atoms with Gasteiger partial charge in [-0.1, -0.05) is 19.8 Å². The van der Waals surface area contributed by atoms with E-state index in [9.17, 15) is 60.0 Å². The molecule has 3 rings (SSSR count). The first kappa shape index (κ1) is 58.8. The molecular formula is C43H77N3O17Y. The number of methoxy groups -OCH3 is 1. The van der Waals surface area contributed by atoms with E-state index in [1.807, 2.05) is 0 Å². The summed E-state index contributed by atoms with van der Waals surface area (Å²) in [7, 11) is 1.60. The van der Waals surface area contributed by atoms with Crippen molar-refractivity contribution in [2.24, 2.45) is 5.92 Å². The van der Waals surface area contributed by atoms with Gasteiger partial charge < -0.3 is 80.1 Å². The molecule has 10 N–H and O–H groups in total. The Morgan fingerprint density at radius 1 is 0.750 bits per heavy atom. The average molecular weight is 997 g/mol. The second-order valence-electron chi connectivity index (χ2n) is 17.4. The zero-order valence-electron chi connectivity index (χ0n) is 38.0. The van der Waals surface area contributed by atoms with E-state index in [2.05, 4.69) is 10.6 Å². The molecule has 3 heterocycles. The maximum Gasteiger partial charge on any atom is 0.222 e. The number of Topliss-reactive ketones (excluding diaryl/α,β-unsaturated/α-hetero) is 1. The van der Waals surface area contributed by atoms with Crippen LogP contribution in [-0.2, 0) is 75.6 Å². The Kier molecular flexibility index (Phi) is 28.4. The molecule has 21 heteroatoms. The Hall–Kier alpha value is -1.34. The smallest absolute Gasteiger partial charge is 0.222 e. The summed E-state index contributed by atoms with van der Waals surface area (Å²) in [5.74, 6) is -1.11. The Balaban J connectivity index is 0.0000141. The molecule has 20 nitrogen and oxygen atoms in total. The van der Waals surface area contributed by atoms with Gasteiger partial charge in [0.1, 0.15) is 36.1 Å². The van der Waals surface area contributed by atoms with Crippen molar-refractivity contribution in [1.29, 1.82) is 0 Å². The fraction of sp³-hybridized carbons (Fsp3) is 0.907. The Labute approximate surface area is 402 Å². The number of ketones is 1. The zero-order valence-corrected chi connectivity index (χ0v) is 40.8. The maximum atomic E-state index is 13.4.